The van der Waals surface area contributed by atoms with Gasteiger partial charge < -0.3 is 0 Å². The van der Waals surface area contributed by atoms with Crippen molar-refractivity contribution in [3.05, 3.63) is 249 Å². The van der Waals surface area contributed by atoms with E-state index in [2.05, 4.69) is 0 Å². The monoisotopic (exact) mass is 1230 g/mol. The lowest BCUT2D eigenvalue weighted by molar-refractivity contribution is 0.592. The smallest absolute Gasteiger partial charge is 0.207 e. The highest BCUT2D eigenvalue weighted by molar-refractivity contribution is 7.92. The van der Waals surface area contributed by atoms with Crippen LogP contribution in [0, 0.1) is 69.2 Å². The molecule has 0 heterocycles. The molecule has 0 unspecified atom stereocenters. The van der Waals surface area contributed by atoms with Gasteiger partial charge in [0.1, 0.15) is 19.7 Å². The normalized spacial score (nSPS) is 11.5. The van der Waals surface area contributed by atoms with Crippen molar-refractivity contribution in [2.24, 2.45) is 0 Å². The van der Waals surface area contributed by atoms with Gasteiger partial charge in [0.05, 0.1) is 40.9 Å². The van der Waals surface area contributed by atoms with E-state index in [1.165, 1.54) is 0 Å². The molecule has 82 heavy (non-hydrogen) atoms. The summed E-state index contributed by atoms with van der Waals surface area (Å²) in [5.74, 6) is 0.200. The molecule has 0 atom stereocenters. The Morgan fingerprint density at radius 1 is 0.256 bits per heavy atom. The predicted octanol–water partition coefficient (Wildman–Crippen LogP) is 12.8. The van der Waals surface area contributed by atoms with Gasteiger partial charge in [-0.2, -0.15) is 0 Å². The number of benzene rings is 8. The SMILES string of the molecule is CS(C)(=O)=O.CS(C)(=O)=O.Cc1cc(C)c(S(=O)(=O)c2c(C)cc(C)cc2C)c(C)c1.Cc1ccc(S(=O)(=O)c2c(C)cc(C)cc2C)cc1.O=S(=O)(Cc1ccccc1)Cc1ccccc1.O=S(=O)(c1ccccc1)c1ccccc1. The fourth-order valence-electron chi connectivity index (χ4n) is 8.75. The Hall–Kier alpha value is -6.54. The molecular formula is C64H76O12S6. The third kappa shape index (κ3) is 23.0. The van der Waals surface area contributed by atoms with Crippen molar-refractivity contribution >= 4 is 59.0 Å². The number of rotatable bonds is 10. The standard InChI is InChI=1S/C18H22O2S.C16H18O2S.C14H14O2S.C12H10O2S.2C2H6O2S/c1-11-7-13(3)17(14(4)8-11)21(19,20)18-15(5)9-12(2)10-16(18)6;1-11-5-7-15(8-6-11)19(17,18)16-13(3)9-12(2)10-14(16)4;15-17(16,11-13-7-3-1-4-8-13)12-14-9-5-2-6-10-14;13-15(14,11-7-3-1-4-8-11)12-9-5-2-6-10-12;2*1-5(2,3)4/h7-10H,1-6H3;5-10H,1-4H3;1-10H,11-12H2;1-10H;2*1-2H3. The maximum absolute atomic E-state index is 13.1. The predicted molar refractivity (Wildman–Crippen MR) is 333 cm³/mol. The second-order valence-corrected chi connectivity index (χ2v) is 32.7. The largest absolute Gasteiger partial charge is 0.229 e. The molecule has 0 fully saturated rings. The Bertz CT molecular complexity index is 3840. The number of sulfone groups is 6. The van der Waals surface area contributed by atoms with E-state index in [1.54, 1.807) is 72.8 Å². The molecule has 0 saturated heterocycles. The average Bonchev–Trinajstić information content (AvgIpc) is 3.30. The third-order valence-corrected chi connectivity index (χ3v) is 19.3. The summed E-state index contributed by atoms with van der Waals surface area (Å²) in [7, 11) is -18.7. The molecule has 0 aliphatic carbocycles. The first-order valence-corrected chi connectivity index (χ1v) is 36.4. The van der Waals surface area contributed by atoms with Crippen LogP contribution in [0.25, 0.3) is 0 Å². The van der Waals surface area contributed by atoms with Crippen LogP contribution >= 0.6 is 0 Å². The molecule has 0 aliphatic heterocycles. The lowest BCUT2D eigenvalue weighted by atomic mass is 10.1. The van der Waals surface area contributed by atoms with E-state index in [-0.39, 0.29) is 11.5 Å². The van der Waals surface area contributed by atoms with Gasteiger partial charge in [-0.05, 0) is 150 Å². The quantitative estimate of drug-likeness (QED) is 0.125. The first-order valence-electron chi connectivity index (χ1n) is 25.6. The molecule has 0 aliphatic rings. The summed E-state index contributed by atoms with van der Waals surface area (Å²) < 4.78 is 138. The molecule has 18 heteroatoms. The fourth-order valence-corrected chi connectivity index (χ4v) is 15.4. The van der Waals surface area contributed by atoms with Crippen molar-refractivity contribution in [1.29, 1.82) is 0 Å². The number of aryl methyl sites for hydroxylation is 10. The molecule has 8 aromatic rings. The number of hydrogen-bond donors (Lipinski definition) is 0. The minimum atomic E-state index is -3.50. The van der Waals surface area contributed by atoms with Gasteiger partial charge in [-0.25, -0.2) is 50.5 Å². The van der Waals surface area contributed by atoms with E-state index in [0.717, 1.165) is 91.8 Å². The Morgan fingerprint density at radius 3 is 0.732 bits per heavy atom. The molecule has 0 saturated carbocycles. The summed E-state index contributed by atoms with van der Waals surface area (Å²) in [6.07, 6.45) is 4.64. The molecule has 8 aromatic carbocycles. The van der Waals surface area contributed by atoms with Crippen LogP contribution in [0.3, 0.4) is 0 Å². The Kier molecular flexibility index (Phi) is 25.6. The second kappa shape index (κ2) is 30.1. The third-order valence-electron chi connectivity index (χ3n) is 11.5. The van der Waals surface area contributed by atoms with Gasteiger partial charge >= 0.3 is 0 Å². The van der Waals surface area contributed by atoms with Crippen molar-refractivity contribution in [2.45, 2.75) is 110 Å². The zero-order valence-electron chi connectivity index (χ0n) is 49.1. The lowest BCUT2D eigenvalue weighted by Gasteiger charge is -2.16. The summed E-state index contributed by atoms with van der Waals surface area (Å²) in [6, 6.07) is 53.9. The van der Waals surface area contributed by atoms with Gasteiger partial charge in [0, 0.05) is 25.0 Å². The second-order valence-electron chi connectivity index (χ2n) is 20.4. The van der Waals surface area contributed by atoms with Gasteiger partial charge in [0.2, 0.25) is 29.5 Å². The van der Waals surface area contributed by atoms with Crippen molar-refractivity contribution in [3.8, 4) is 0 Å². The maximum Gasteiger partial charge on any atom is 0.207 e. The van der Waals surface area contributed by atoms with E-state index < -0.39 is 59.0 Å². The zero-order valence-corrected chi connectivity index (χ0v) is 54.0. The Labute approximate surface area is 489 Å². The van der Waals surface area contributed by atoms with Crippen LogP contribution in [0.1, 0.15) is 66.8 Å². The van der Waals surface area contributed by atoms with Crippen LogP contribution in [0.4, 0.5) is 0 Å². The van der Waals surface area contributed by atoms with Gasteiger partial charge in [0.25, 0.3) is 0 Å². The first kappa shape index (κ1) is 69.7. The van der Waals surface area contributed by atoms with E-state index in [1.807, 2.05) is 178 Å². The molecule has 440 valence electrons. The van der Waals surface area contributed by atoms with Gasteiger partial charge in [-0.1, -0.05) is 168 Å². The Balaban J connectivity index is 0.000000273. The summed E-state index contributed by atoms with van der Waals surface area (Å²) in [6.45, 7) is 19.1. The molecular weight excluding hydrogens is 1150 g/mol. The van der Waals surface area contributed by atoms with Crippen molar-refractivity contribution < 1.29 is 50.5 Å². The number of hydrogen-bond acceptors (Lipinski definition) is 12. The van der Waals surface area contributed by atoms with Crippen LogP contribution in [0.15, 0.2) is 211 Å². The maximum atomic E-state index is 13.1. The molecule has 0 aromatic heterocycles. The highest BCUT2D eigenvalue weighted by Gasteiger charge is 2.27. The van der Waals surface area contributed by atoms with Crippen LogP contribution < -0.4 is 0 Å². The highest BCUT2D eigenvalue weighted by atomic mass is 32.2. The van der Waals surface area contributed by atoms with E-state index in [0.29, 0.717) is 29.4 Å². The van der Waals surface area contributed by atoms with Gasteiger partial charge in [-0.15, -0.1) is 0 Å². The van der Waals surface area contributed by atoms with Crippen molar-refractivity contribution in [1.82, 2.24) is 0 Å². The van der Waals surface area contributed by atoms with Gasteiger partial charge in [0.15, 0.2) is 9.84 Å². The Morgan fingerprint density at radius 2 is 0.476 bits per heavy atom. The topological polar surface area (TPSA) is 205 Å². The minimum absolute atomic E-state index is 0.0999. The lowest BCUT2D eigenvalue weighted by Crippen LogP contribution is -2.10. The summed E-state index contributed by atoms with van der Waals surface area (Å²) in [4.78, 5) is 2.34. The van der Waals surface area contributed by atoms with Crippen molar-refractivity contribution in [2.75, 3.05) is 25.0 Å². The molecule has 8 rings (SSSR count). The minimum Gasteiger partial charge on any atom is -0.229 e. The molecule has 0 bridgehead atoms. The van der Waals surface area contributed by atoms with Crippen LogP contribution in [-0.4, -0.2) is 75.5 Å². The van der Waals surface area contributed by atoms with Crippen LogP contribution in [0.2, 0.25) is 0 Å². The molecule has 0 radical (unpaired) electrons. The van der Waals surface area contributed by atoms with Crippen LogP contribution in [-0.2, 0) is 70.5 Å². The molecule has 0 spiro atoms. The molecule has 0 amide bonds. The summed E-state index contributed by atoms with van der Waals surface area (Å²) in [5, 5.41) is 0. The summed E-state index contributed by atoms with van der Waals surface area (Å²) in [5.41, 5.74) is 10.8. The fraction of sp³-hybridized carbons (Fsp3) is 0.250. The van der Waals surface area contributed by atoms with E-state index in [9.17, 15) is 50.5 Å². The van der Waals surface area contributed by atoms with E-state index in [4.69, 9.17) is 0 Å². The van der Waals surface area contributed by atoms with Crippen molar-refractivity contribution in [3.63, 3.8) is 0 Å². The molecule has 12 nitrogen and oxygen atoms in total. The van der Waals surface area contributed by atoms with E-state index >= 15 is 0 Å². The van der Waals surface area contributed by atoms with Gasteiger partial charge in [-0.3, -0.25) is 0 Å². The zero-order chi connectivity index (χ0) is 62.0. The average molecular weight is 1230 g/mol. The van der Waals surface area contributed by atoms with Crippen LogP contribution in [0.5, 0.6) is 0 Å². The first-order chi connectivity index (χ1) is 37.8. The highest BCUT2D eigenvalue weighted by Crippen LogP contribution is 2.33. The summed E-state index contributed by atoms with van der Waals surface area (Å²) >= 11 is 0. The molecule has 0 N–H and O–H groups in total.